The number of carboxylic acids is 1. The van der Waals surface area contributed by atoms with Crippen molar-refractivity contribution in [1.82, 2.24) is 19.7 Å². The molecular weight excluding hydrogens is 525 g/mol. The van der Waals surface area contributed by atoms with Gasteiger partial charge in [-0.15, -0.1) is 0 Å². The molecule has 2 heterocycles. The first-order chi connectivity index (χ1) is 17.9. The number of rotatable bonds is 8. The van der Waals surface area contributed by atoms with Crippen molar-refractivity contribution in [1.29, 1.82) is 0 Å². The van der Waals surface area contributed by atoms with Gasteiger partial charge in [-0.25, -0.2) is 4.98 Å². The highest BCUT2D eigenvalue weighted by molar-refractivity contribution is 6.30. The van der Waals surface area contributed by atoms with Gasteiger partial charge in [0, 0.05) is 35.5 Å². The number of hydrogen-bond acceptors (Lipinski definition) is 7. The summed E-state index contributed by atoms with van der Waals surface area (Å²) in [5, 5.41) is 13.5. The van der Waals surface area contributed by atoms with Crippen LogP contribution in [0.1, 0.15) is 43.0 Å². The maximum absolute atomic E-state index is 14.3. The molecule has 0 fully saturated rings. The topological polar surface area (TPSA) is 142 Å². The van der Waals surface area contributed by atoms with E-state index in [1.807, 2.05) is 6.08 Å². The molecule has 13 heteroatoms. The van der Waals surface area contributed by atoms with Crippen LogP contribution in [0.25, 0.3) is 16.8 Å². The molecule has 9 nitrogen and oxygen atoms in total. The van der Waals surface area contributed by atoms with Gasteiger partial charge in [0.15, 0.2) is 0 Å². The number of aromatic nitrogens is 4. The number of alkyl halides is 3. The van der Waals surface area contributed by atoms with E-state index in [-0.39, 0.29) is 33.9 Å². The second kappa shape index (κ2) is 11.0. The summed E-state index contributed by atoms with van der Waals surface area (Å²) in [4.78, 5) is 19.1. The number of ether oxygens (including phenoxy) is 1. The molecule has 0 spiro atoms. The van der Waals surface area contributed by atoms with Crippen LogP contribution in [0, 0.1) is 5.92 Å². The molecule has 0 saturated heterocycles. The zero-order chi connectivity index (χ0) is 27.6. The van der Waals surface area contributed by atoms with Crippen LogP contribution in [0.15, 0.2) is 42.6 Å². The second-order valence-electron chi connectivity index (χ2n) is 9.15. The number of aryl methyl sites for hydroxylation is 1. The molecule has 4 rings (SSSR count). The highest BCUT2D eigenvalue weighted by Crippen LogP contribution is 2.42. The van der Waals surface area contributed by atoms with Gasteiger partial charge in [0.1, 0.15) is 6.04 Å². The van der Waals surface area contributed by atoms with Crippen molar-refractivity contribution in [3.63, 3.8) is 0 Å². The van der Waals surface area contributed by atoms with E-state index >= 15 is 0 Å². The largest absolute Gasteiger partial charge is 0.480 e. The first kappa shape index (κ1) is 27.4. The molecule has 1 aliphatic carbocycles. The molecule has 202 valence electrons. The highest BCUT2D eigenvalue weighted by Gasteiger charge is 2.45. The van der Waals surface area contributed by atoms with E-state index in [0.717, 1.165) is 5.57 Å². The number of nitrogens with zero attached hydrogens (tertiary/aromatic N) is 4. The number of halogens is 4. The number of carboxylic acid groups (broad SMARTS) is 1. The van der Waals surface area contributed by atoms with Crippen molar-refractivity contribution in [2.24, 2.45) is 18.7 Å². The molecule has 0 aliphatic heterocycles. The van der Waals surface area contributed by atoms with Gasteiger partial charge in [-0.3, -0.25) is 9.48 Å². The van der Waals surface area contributed by atoms with Crippen LogP contribution >= 0.6 is 11.6 Å². The Bertz CT molecular complexity index is 1360. The molecule has 0 saturated carbocycles. The summed E-state index contributed by atoms with van der Waals surface area (Å²) in [6.45, 7) is 0. The molecule has 2 aromatic heterocycles. The first-order valence-corrected chi connectivity index (χ1v) is 12.1. The van der Waals surface area contributed by atoms with E-state index in [2.05, 4.69) is 15.1 Å². The average Bonchev–Trinajstić information content (AvgIpc) is 3.28. The number of hydrogen-bond donors (Lipinski definition) is 3. The Morgan fingerprint density at radius 2 is 2.03 bits per heavy atom. The minimum Gasteiger partial charge on any atom is -0.480 e. The fraction of sp³-hybridized carbons (Fsp3) is 0.360. The maximum Gasteiger partial charge on any atom is 0.429 e. The van der Waals surface area contributed by atoms with Gasteiger partial charge in [-0.05, 0) is 55.4 Å². The van der Waals surface area contributed by atoms with Gasteiger partial charge < -0.3 is 21.3 Å². The normalized spacial score (nSPS) is 17.5. The van der Waals surface area contributed by atoms with Crippen LogP contribution < -0.4 is 16.2 Å². The molecule has 0 bridgehead atoms. The predicted octanol–water partition coefficient (Wildman–Crippen LogP) is 4.78. The Morgan fingerprint density at radius 1 is 1.26 bits per heavy atom. The Morgan fingerprint density at radius 3 is 2.63 bits per heavy atom. The molecule has 0 amide bonds. The number of nitrogen functional groups attached to an aromatic ring is 1. The van der Waals surface area contributed by atoms with Crippen molar-refractivity contribution in [3.8, 4) is 17.1 Å². The first-order valence-electron chi connectivity index (χ1n) is 11.8. The molecular formula is C25H26ClF3N6O3. The number of anilines is 1. The Kier molecular flexibility index (Phi) is 7.93. The van der Waals surface area contributed by atoms with Crippen LogP contribution in [-0.4, -0.2) is 43.0 Å². The summed E-state index contributed by atoms with van der Waals surface area (Å²) in [5.41, 5.74) is 12.9. The molecule has 1 aliphatic rings. The number of carbonyl (C=O) groups is 1. The summed E-state index contributed by atoms with van der Waals surface area (Å²) < 4.78 is 49.9. The van der Waals surface area contributed by atoms with Crippen molar-refractivity contribution < 1.29 is 27.8 Å². The lowest BCUT2D eigenvalue weighted by atomic mass is 9.84. The summed E-state index contributed by atoms with van der Waals surface area (Å²) in [6, 6.07) is 5.95. The summed E-state index contributed by atoms with van der Waals surface area (Å²) in [6.07, 6.45) is -1.66. The third kappa shape index (κ3) is 6.43. The molecule has 5 N–H and O–H groups in total. The quantitative estimate of drug-likeness (QED) is 0.364. The lowest BCUT2D eigenvalue weighted by molar-refractivity contribution is -0.198. The third-order valence-electron chi connectivity index (χ3n) is 6.30. The van der Waals surface area contributed by atoms with Gasteiger partial charge in [0.25, 0.3) is 0 Å². The standard InChI is InChI=1S/C25H26ClF3N6O3/c1-35-9-8-19(34-35)17-11-15(26)6-7-16(17)22(25(27,28)29)38-21-12-20(32-24(31)33-21)14-4-2-13(3-5-14)10-18(30)23(36)37/h4,6-9,11-13,18,22H,2-3,5,10,30H2,1H3,(H,36,37)(H2,31,32,33)/t13?,18-,22+/m0/s1. The minimum atomic E-state index is -4.81. The van der Waals surface area contributed by atoms with Gasteiger partial charge in [-0.1, -0.05) is 23.7 Å². The zero-order valence-corrected chi connectivity index (χ0v) is 21.1. The number of aliphatic carboxylic acids is 1. The Hall–Kier alpha value is -3.64. The maximum atomic E-state index is 14.3. The van der Waals surface area contributed by atoms with Crippen molar-refractivity contribution >= 4 is 29.1 Å². The minimum absolute atomic E-state index is 0.0734. The molecule has 3 aromatic rings. The van der Waals surface area contributed by atoms with E-state index in [9.17, 15) is 18.0 Å². The van der Waals surface area contributed by atoms with Gasteiger partial charge in [0.05, 0.1) is 11.4 Å². The predicted molar refractivity (Wildman–Crippen MR) is 135 cm³/mol. The molecule has 3 atom stereocenters. The van der Waals surface area contributed by atoms with Gasteiger partial charge in [0.2, 0.25) is 17.9 Å². The molecule has 0 radical (unpaired) electrons. The lowest BCUT2D eigenvalue weighted by Crippen LogP contribution is -2.32. The van der Waals surface area contributed by atoms with Crippen molar-refractivity contribution in [2.45, 2.75) is 44.0 Å². The molecule has 1 aromatic carbocycles. The average molecular weight is 551 g/mol. The van der Waals surface area contributed by atoms with Crippen LogP contribution in [0.3, 0.4) is 0 Å². The summed E-state index contributed by atoms with van der Waals surface area (Å²) in [7, 11) is 1.65. The Labute approximate surface area is 221 Å². The van der Waals surface area contributed by atoms with Crippen LogP contribution in [0.5, 0.6) is 5.88 Å². The fourth-order valence-electron chi connectivity index (χ4n) is 4.43. The van der Waals surface area contributed by atoms with Crippen molar-refractivity contribution in [3.05, 3.63) is 58.9 Å². The SMILES string of the molecule is Cn1ccc(-c2cc(Cl)ccc2[C@@H](Oc2cc(C3=CCC(C[C@H](N)C(=O)O)CC3)nc(N)n2)C(F)(F)F)n1. The molecule has 38 heavy (non-hydrogen) atoms. The summed E-state index contributed by atoms with van der Waals surface area (Å²) in [5.74, 6) is -1.57. The van der Waals surface area contributed by atoms with E-state index in [0.29, 0.717) is 37.1 Å². The second-order valence-corrected chi connectivity index (χ2v) is 9.58. The highest BCUT2D eigenvalue weighted by atomic mass is 35.5. The lowest BCUT2D eigenvalue weighted by Gasteiger charge is -2.25. The van der Waals surface area contributed by atoms with E-state index in [4.69, 9.17) is 32.9 Å². The fourth-order valence-corrected chi connectivity index (χ4v) is 4.60. The van der Waals surface area contributed by atoms with Crippen LogP contribution in [0.2, 0.25) is 5.02 Å². The smallest absolute Gasteiger partial charge is 0.429 e. The van der Waals surface area contributed by atoms with E-state index in [1.165, 1.54) is 28.9 Å². The number of allylic oxidation sites excluding steroid dienone is 2. The van der Waals surface area contributed by atoms with Crippen molar-refractivity contribution in [2.75, 3.05) is 5.73 Å². The monoisotopic (exact) mass is 550 g/mol. The number of benzene rings is 1. The van der Waals surface area contributed by atoms with E-state index < -0.39 is 24.3 Å². The number of nitrogens with two attached hydrogens (primary N) is 2. The van der Waals surface area contributed by atoms with Crippen LogP contribution in [-0.2, 0) is 11.8 Å². The van der Waals surface area contributed by atoms with E-state index in [1.54, 1.807) is 19.3 Å². The summed E-state index contributed by atoms with van der Waals surface area (Å²) >= 11 is 6.10. The zero-order valence-electron chi connectivity index (χ0n) is 20.3. The Balaban J connectivity index is 1.63. The van der Waals surface area contributed by atoms with Crippen LogP contribution in [0.4, 0.5) is 19.1 Å². The van der Waals surface area contributed by atoms with Gasteiger partial charge in [-0.2, -0.15) is 23.3 Å². The third-order valence-corrected chi connectivity index (χ3v) is 6.53. The van der Waals surface area contributed by atoms with Gasteiger partial charge >= 0.3 is 12.1 Å². The molecule has 1 unspecified atom stereocenters.